The maximum absolute atomic E-state index is 12.1. The second-order valence-corrected chi connectivity index (χ2v) is 4.32. The SMILES string of the molecule is Nc1ccccc1C(=O)Nc1ccc2[nH]ccc2c1. The highest BCUT2D eigenvalue weighted by atomic mass is 16.1. The van der Waals surface area contributed by atoms with Gasteiger partial charge in [0.2, 0.25) is 0 Å². The fraction of sp³-hybridized carbons (Fsp3) is 0. The average Bonchev–Trinajstić information content (AvgIpc) is 2.86. The number of H-pyrrole nitrogens is 1. The lowest BCUT2D eigenvalue weighted by Gasteiger charge is -2.07. The molecule has 3 aromatic rings. The molecule has 0 aliphatic carbocycles. The first-order valence-electron chi connectivity index (χ1n) is 5.97. The summed E-state index contributed by atoms with van der Waals surface area (Å²) in [5.74, 6) is -0.201. The van der Waals surface area contributed by atoms with Crippen molar-refractivity contribution in [2.75, 3.05) is 11.1 Å². The summed E-state index contributed by atoms with van der Waals surface area (Å²) in [6, 6.07) is 14.7. The third-order valence-electron chi connectivity index (χ3n) is 3.02. The second kappa shape index (κ2) is 4.49. The Morgan fingerprint density at radius 3 is 2.79 bits per heavy atom. The normalized spacial score (nSPS) is 10.5. The summed E-state index contributed by atoms with van der Waals surface area (Å²) in [5, 5.41) is 3.90. The number of nitrogens with two attached hydrogens (primary N) is 1. The van der Waals surface area contributed by atoms with Gasteiger partial charge < -0.3 is 16.0 Å². The van der Waals surface area contributed by atoms with Crippen LogP contribution in [0.5, 0.6) is 0 Å². The lowest BCUT2D eigenvalue weighted by atomic mass is 10.1. The summed E-state index contributed by atoms with van der Waals surface area (Å²) in [4.78, 5) is 15.2. The molecule has 0 unspecified atom stereocenters. The number of aromatic amines is 1. The van der Waals surface area contributed by atoms with E-state index in [1.165, 1.54) is 0 Å². The van der Waals surface area contributed by atoms with Gasteiger partial charge in [-0.1, -0.05) is 12.1 Å². The molecule has 0 aliphatic rings. The first kappa shape index (κ1) is 11.3. The van der Waals surface area contributed by atoms with Gasteiger partial charge in [-0.05, 0) is 36.4 Å². The number of benzene rings is 2. The molecule has 4 nitrogen and oxygen atoms in total. The van der Waals surface area contributed by atoms with Gasteiger partial charge in [0.05, 0.1) is 5.56 Å². The van der Waals surface area contributed by atoms with Crippen LogP contribution < -0.4 is 11.1 Å². The number of carbonyl (C=O) groups excluding carboxylic acids is 1. The molecule has 4 N–H and O–H groups in total. The van der Waals surface area contributed by atoms with Crippen molar-refractivity contribution >= 4 is 28.2 Å². The van der Waals surface area contributed by atoms with Crippen molar-refractivity contribution in [2.45, 2.75) is 0 Å². The highest BCUT2D eigenvalue weighted by molar-refractivity contribution is 6.08. The van der Waals surface area contributed by atoms with Gasteiger partial charge in [0.25, 0.3) is 5.91 Å². The van der Waals surface area contributed by atoms with Crippen LogP contribution in [0.2, 0.25) is 0 Å². The molecule has 1 amide bonds. The standard InChI is InChI=1S/C15H13N3O/c16-13-4-2-1-3-12(13)15(19)18-11-5-6-14-10(9-11)7-8-17-14/h1-9,17H,16H2,(H,18,19). The molecule has 1 aromatic heterocycles. The predicted octanol–water partition coefficient (Wildman–Crippen LogP) is 3.00. The first-order chi connectivity index (χ1) is 9.24. The highest BCUT2D eigenvalue weighted by Gasteiger charge is 2.09. The van der Waals surface area contributed by atoms with Gasteiger partial charge in [-0.25, -0.2) is 0 Å². The van der Waals surface area contributed by atoms with Gasteiger partial charge in [0.1, 0.15) is 0 Å². The fourth-order valence-corrected chi connectivity index (χ4v) is 2.03. The van der Waals surface area contributed by atoms with E-state index in [2.05, 4.69) is 10.3 Å². The van der Waals surface area contributed by atoms with Crippen LogP contribution >= 0.6 is 0 Å². The number of nitrogens with one attached hydrogen (secondary N) is 2. The molecule has 4 heteroatoms. The summed E-state index contributed by atoms with van der Waals surface area (Å²) in [6.07, 6.45) is 1.87. The van der Waals surface area contributed by atoms with E-state index >= 15 is 0 Å². The van der Waals surface area contributed by atoms with Crippen molar-refractivity contribution in [3.05, 3.63) is 60.3 Å². The summed E-state index contributed by atoms with van der Waals surface area (Å²) < 4.78 is 0. The van der Waals surface area contributed by atoms with Gasteiger partial charge in [0, 0.05) is 28.5 Å². The van der Waals surface area contributed by atoms with Crippen molar-refractivity contribution in [1.82, 2.24) is 4.98 Å². The number of hydrogen-bond donors (Lipinski definition) is 3. The van der Waals surface area contributed by atoms with Crippen molar-refractivity contribution in [3.8, 4) is 0 Å². The van der Waals surface area contributed by atoms with Crippen LogP contribution in [-0.4, -0.2) is 10.9 Å². The number of amides is 1. The van der Waals surface area contributed by atoms with Crippen molar-refractivity contribution < 1.29 is 4.79 Å². The van der Waals surface area contributed by atoms with E-state index < -0.39 is 0 Å². The number of carbonyl (C=O) groups is 1. The molecular formula is C15H13N3O. The van der Waals surface area contributed by atoms with Crippen LogP contribution in [0.4, 0.5) is 11.4 Å². The molecule has 0 atom stereocenters. The van der Waals surface area contributed by atoms with Gasteiger partial charge in [0.15, 0.2) is 0 Å². The maximum Gasteiger partial charge on any atom is 0.257 e. The zero-order valence-electron chi connectivity index (χ0n) is 10.2. The van der Waals surface area contributed by atoms with Gasteiger partial charge in [-0.15, -0.1) is 0 Å². The Balaban J connectivity index is 1.88. The number of nitrogen functional groups attached to an aromatic ring is 1. The van der Waals surface area contributed by atoms with Gasteiger partial charge >= 0.3 is 0 Å². The van der Waals surface area contributed by atoms with Crippen molar-refractivity contribution in [3.63, 3.8) is 0 Å². The quantitative estimate of drug-likeness (QED) is 0.613. The Hall–Kier alpha value is -2.75. The number of hydrogen-bond acceptors (Lipinski definition) is 2. The van der Waals surface area contributed by atoms with Crippen LogP contribution in [-0.2, 0) is 0 Å². The molecule has 0 saturated heterocycles. The van der Waals surface area contributed by atoms with Crippen LogP contribution in [0.3, 0.4) is 0 Å². The monoisotopic (exact) mass is 251 g/mol. The minimum atomic E-state index is -0.201. The minimum absolute atomic E-state index is 0.201. The van der Waals surface area contributed by atoms with Gasteiger partial charge in [-0.3, -0.25) is 4.79 Å². The van der Waals surface area contributed by atoms with E-state index in [1.807, 2.05) is 30.5 Å². The van der Waals surface area contributed by atoms with Crippen molar-refractivity contribution in [1.29, 1.82) is 0 Å². The van der Waals surface area contributed by atoms with E-state index in [0.29, 0.717) is 11.3 Å². The molecule has 0 fully saturated rings. The zero-order valence-corrected chi connectivity index (χ0v) is 10.2. The van der Waals surface area contributed by atoms with Crippen LogP contribution in [0.15, 0.2) is 54.7 Å². The maximum atomic E-state index is 12.1. The smallest absolute Gasteiger partial charge is 0.257 e. The Labute approximate surface area is 110 Å². The molecule has 2 aromatic carbocycles. The third kappa shape index (κ3) is 2.15. The molecule has 0 spiro atoms. The molecule has 0 bridgehead atoms. The summed E-state index contributed by atoms with van der Waals surface area (Å²) in [6.45, 7) is 0. The molecule has 1 heterocycles. The summed E-state index contributed by atoms with van der Waals surface area (Å²) >= 11 is 0. The van der Waals surface area contributed by atoms with Gasteiger partial charge in [-0.2, -0.15) is 0 Å². The molecule has 94 valence electrons. The summed E-state index contributed by atoms with van der Waals surface area (Å²) in [7, 11) is 0. The number of fused-ring (bicyclic) bond motifs is 1. The highest BCUT2D eigenvalue weighted by Crippen LogP contribution is 2.19. The molecular weight excluding hydrogens is 238 g/mol. The molecule has 0 saturated carbocycles. The topological polar surface area (TPSA) is 70.9 Å². The van der Waals surface area contributed by atoms with E-state index in [4.69, 9.17) is 5.73 Å². The van der Waals surface area contributed by atoms with E-state index in [9.17, 15) is 4.79 Å². The predicted molar refractivity (Wildman–Crippen MR) is 77.1 cm³/mol. The van der Waals surface area contributed by atoms with Crippen LogP contribution in [0.1, 0.15) is 10.4 Å². The second-order valence-electron chi connectivity index (χ2n) is 4.32. The number of rotatable bonds is 2. The zero-order chi connectivity index (χ0) is 13.2. The Morgan fingerprint density at radius 1 is 1.11 bits per heavy atom. The third-order valence-corrected chi connectivity index (χ3v) is 3.02. The Kier molecular flexibility index (Phi) is 2.68. The number of aromatic nitrogens is 1. The number of para-hydroxylation sites is 1. The minimum Gasteiger partial charge on any atom is -0.398 e. The summed E-state index contributed by atoms with van der Waals surface area (Å²) in [5.41, 5.74) is 8.53. The lowest BCUT2D eigenvalue weighted by Crippen LogP contribution is -2.13. The fourth-order valence-electron chi connectivity index (χ4n) is 2.03. The average molecular weight is 251 g/mol. The first-order valence-corrected chi connectivity index (χ1v) is 5.97. The van der Waals surface area contributed by atoms with E-state index in [0.717, 1.165) is 16.6 Å². The molecule has 3 rings (SSSR count). The van der Waals surface area contributed by atoms with Crippen LogP contribution in [0, 0.1) is 0 Å². The molecule has 0 aliphatic heterocycles. The van der Waals surface area contributed by atoms with E-state index in [-0.39, 0.29) is 5.91 Å². The lowest BCUT2D eigenvalue weighted by molar-refractivity contribution is 0.102. The largest absolute Gasteiger partial charge is 0.398 e. The Morgan fingerprint density at radius 2 is 1.95 bits per heavy atom. The van der Waals surface area contributed by atoms with Crippen molar-refractivity contribution in [2.24, 2.45) is 0 Å². The molecule has 0 radical (unpaired) electrons. The van der Waals surface area contributed by atoms with E-state index in [1.54, 1.807) is 24.3 Å². The molecule has 19 heavy (non-hydrogen) atoms. The number of anilines is 2. The van der Waals surface area contributed by atoms with Crippen LogP contribution in [0.25, 0.3) is 10.9 Å². The Bertz CT molecular complexity index is 746.